The summed E-state index contributed by atoms with van der Waals surface area (Å²) in [5.74, 6) is 1.56. The van der Waals surface area contributed by atoms with Gasteiger partial charge in [-0.1, -0.05) is 19.2 Å². The van der Waals surface area contributed by atoms with Gasteiger partial charge in [-0.05, 0) is 32.0 Å². The highest BCUT2D eigenvalue weighted by Crippen LogP contribution is 2.29. The van der Waals surface area contributed by atoms with Crippen molar-refractivity contribution >= 4 is 23.3 Å². The molecule has 0 aliphatic carbocycles. The Morgan fingerprint density at radius 3 is 2.76 bits per heavy atom. The van der Waals surface area contributed by atoms with Gasteiger partial charge in [0.2, 0.25) is 0 Å². The molecule has 2 aliphatic rings. The van der Waals surface area contributed by atoms with Crippen molar-refractivity contribution in [2.75, 3.05) is 36.1 Å². The first kappa shape index (κ1) is 18.6. The van der Waals surface area contributed by atoms with Crippen LogP contribution in [0.2, 0.25) is 0 Å². The van der Waals surface area contributed by atoms with Crippen LogP contribution in [0, 0.1) is 0 Å². The number of aliphatic imine (C=N–C) groups is 1. The van der Waals surface area contributed by atoms with E-state index in [0.717, 1.165) is 34.2 Å². The van der Waals surface area contributed by atoms with E-state index in [1.165, 1.54) is 0 Å². The second-order valence-corrected chi connectivity index (χ2v) is 5.73. The van der Waals surface area contributed by atoms with E-state index < -0.39 is 0 Å². The molecule has 1 aromatic rings. The lowest BCUT2D eigenvalue weighted by Gasteiger charge is -2.21. The number of rotatable bonds is 2. The Morgan fingerprint density at radius 2 is 2.16 bits per heavy atom. The van der Waals surface area contributed by atoms with Gasteiger partial charge in [0, 0.05) is 24.0 Å². The van der Waals surface area contributed by atoms with Crippen LogP contribution < -0.4 is 16.4 Å². The van der Waals surface area contributed by atoms with E-state index in [-0.39, 0.29) is 6.10 Å². The van der Waals surface area contributed by atoms with Gasteiger partial charge in [0.05, 0.1) is 18.0 Å². The zero-order valence-electron chi connectivity index (χ0n) is 14.8. The second-order valence-electron chi connectivity index (χ2n) is 5.73. The van der Waals surface area contributed by atoms with E-state index >= 15 is 0 Å². The first-order chi connectivity index (χ1) is 12.0. The smallest absolute Gasteiger partial charge is 0.134 e. The summed E-state index contributed by atoms with van der Waals surface area (Å²) >= 11 is 0. The molecule has 1 unspecified atom stereocenters. The van der Waals surface area contributed by atoms with Gasteiger partial charge in [-0.25, -0.2) is 4.99 Å². The molecule has 1 aromatic carbocycles. The molecule has 1 saturated heterocycles. The third-order valence-electron chi connectivity index (χ3n) is 3.56. The number of fused-ring (bicyclic) bond motifs is 1. The molecule has 134 valence electrons. The van der Waals surface area contributed by atoms with E-state index in [9.17, 15) is 0 Å². The topological polar surface area (TPSA) is 80.9 Å². The summed E-state index contributed by atoms with van der Waals surface area (Å²) < 4.78 is 10.2. The quantitative estimate of drug-likeness (QED) is 0.566. The largest absolute Gasteiger partial charge is 0.491 e. The lowest BCUT2D eigenvalue weighted by Crippen LogP contribution is -2.23. The van der Waals surface area contributed by atoms with Gasteiger partial charge in [-0.15, -0.1) is 0 Å². The fourth-order valence-corrected chi connectivity index (χ4v) is 2.40. The van der Waals surface area contributed by atoms with Gasteiger partial charge in [0.15, 0.2) is 0 Å². The maximum Gasteiger partial charge on any atom is 0.134 e. The van der Waals surface area contributed by atoms with Crippen LogP contribution in [0.3, 0.4) is 0 Å². The maximum absolute atomic E-state index is 5.76. The molecule has 0 bridgehead atoms. The van der Waals surface area contributed by atoms with E-state index in [4.69, 9.17) is 15.2 Å². The van der Waals surface area contributed by atoms with E-state index in [2.05, 4.69) is 28.8 Å². The van der Waals surface area contributed by atoms with Crippen LogP contribution in [-0.2, 0) is 9.47 Å². The number of nitrogens with zero attached hydrogens (tertiary/aromatic N) is 1. The number of anilines is 3. The van der Waals surface area contributed by atoms with Crippen LogP contribution >= 0.6 is 0 Å². The lowest BCUT2D eigenvalue weighted by molar-refractivity contribution is -0.0341. The molecular formula is C19H26N4O2. The van der Waals surface area contributed by atoms with Gasteiger partial charge in [-0.2, -0.15) is 0 Å². The average Bonchev–Trinajstić information content (AvgIpc) is 2.74. The van der Waals surface area contributed by atoms with E-state index in [0.29, 0.717) is 19.8 Å². The van der Waals surface area contributed by atoms with Crippen LogP contribution in [0.15, 0.2) is 59.6 Å². The summed E-state index contributed by atoms with van der Waals surface area (Å²) in [7, 11) is 0. The standard InChI is InChI=1S/C13H16N4.C6H10O2/c1-3-9-8-16-12-7-10(14)5-6-11(12)17-13(9)15-4-2;1-5-3-7-4-6(2)8-5/h3-7,16-17H,1,8,14H2,2H3;6H,1,3-4H2,2H3/b15-4-;. The highest BCUT2D eigenvalue weighted by molar-refractivity contribution is 5.77. The molecule has 0 spiro atoms. The summed E-state index contributed by atoms with van der Waals surface area (Å²) in [5, 5.41) is 6.59. The molecule has 2 heterocycles. The van der Waals surface area contributed by atoms with Crippen LogP contribution in [0.1, 0.15) is 13.8 Å². The highest BCUT2D eigenvalue weighted by Gasteiger charge is 2.12. The SMILES string of the molecule is C=C1COCC(C)O1.C=CC1=C(/N=C\C)Nc2ccc(N)cc2NC1. The normalized spacial score (nSPS) is 19.6. The monoisotopic (exact) mass is 342 g/mol. The predicted molar refractivity (Wildman–Crippen MR) is 105 cm³/mol. The summed E-state index contributed by atoms with van der Waals surface area (Å²) in [6.07, 6.45) is 3.75. The zero-order chi connectivity index (χ0) is 18.2. The van der Waals surface area contributed by atoms with Gasteiger partial charge in [0.1, 0.15) is 24.3 Å². The average molecular weight is 342 g/mol. The minimum absolute atomic E-state index is 0.191. The molecule has 0 saturated carbocycles. The number of nitrogens with one attached hydrogen (secondary N) is 2. The van der Waals surface area contributed by atoms with Crippen molar-refractivity contribution in [3.63, 3.8) is 0 Å². The Kier molecular flexibility index (Phi) is 6.65. The Bertz CT molecular complexity index is 695. The Labute approximate surface area is 149 Å². The third kappa shape index (κ3) is 5.39. The molecule has 25 heavy (non-hydrogen) atoms. The number of hydrogen-bond donors (Lipinski definition) is 3. The van der Waals surface area contributed by atoms with Crippen molar-refractivity contribution in [3.8, 4) is 0 Å². The summed E-state index contributed by atoms with van der Waals surface area (Å²) in [6.45, 7) is 13.2. The van der Waals surface area contributed by atoms with Crippen molar-refractivity contribution in [1.82, 2.24) is 0 Å². The number of ether oxygens (including phenoxy) is 2. The molecule has 0 amide bonds. The van der Waals surface area contributed by atoms with Gasteiger partial charge in [0.25, 0.3) is 0 Å². The van der Waals surface area contributed by atoms with Gasteiger partial charge in [-0.3, -0.25) is 0 Å². The number of hydrogen-bond acceptors (Lipinski definition) is 6. The Balaban J connectivity index is 0.000000236. The second kappa shape index (κ2) is 8.94. The molecule has 6 nitrogen and oxygen atoms in total. The lowest BCUT2D eigenvalue weighted by atomic mass is 10.2. The van der Waals surface area contributed by atoms with Crippen molar-refractivity contribution in [1.29, 1.82) is 0 Å². The minimum atomic E-state index is 0.191. The van der Waals surface area contributed by atoms with E-state index in [1.54, 1.807) is 12.3 Å². The van der Waals surface area contributed by atoms with Gasteiger partial charge < -0.3 is 25.8 Å². The minimum Gasteiger partial charge on any atom is -0.491 e. The first-order valence-corrected chi connectivity index (χ1v) is 8.20. The van der Waals surface area contributed by atoms with Crippen molar-refractivity contribution in [3.05, 3.63) is 54.6 Å². The fourth-order valence-electron chi connectivity index (χ4n) is 2.40. The Hall–Kier alpha value is -2.73. The molecule has 4 N–H and O–H groups in total. The van der Waals surface area contributed by atoms with Crippen molar-refractivity contribution in [2.45, 2.75) is 20.0 Å². The van der Waals surface area contributed by atoms with Crippen molar-refractivity contribution < 1.29 is 9.47 Å². The predicted octanol–water partition coefficient (Wildman–Crippen LogP) is 3.53. The Morgan fingerprint density at radius 1 is 1.36 bits per heavy atom. The number of nitrogen functional groups attached to an aromatic ring is 1. The van der Waals surface area contributed by atoms with Crippen LogP contribution in [0.5, 0.6) is 0 Å². The number of benzene rings is 1. The summed E-state index contributed by atoms with van der Waals surface area (Å²) in [4.78, 5) is 4.32. The van der Waals surface area contributed by atoms with Crippen LogP contribution in [0.25, 0.3) is 0 Å². The first-order valence-electron chi connectivity index (χ1n) is 8.20. The maximum atomic E-state index is 5.76. The number of nitrogens with two attached hydrogens (primary N) is 1. The molecule has 1 fully saturated rings. The highest BCUT2D eigenvalue weighted by atomic mass is 16.6. The zero-order valence-corrected chi connectivity index (χ0v) is 14.8. The van der Waals surface area contributed by atoms with Crippen LogP contribution in [0.4, 0.5) is 17.1 Å². The van der Waals surface area contributed by atoms with E-state index in [1.807, 2.05) is 32.0 Å². The van der Waals surface area contributed by atoms with Crippen LogP contribution in [-0.4, -0.2) is 32.1 Å². The molecule has 1 atom stereocenters. The summed E-state index contributed by atoms with van der Waals surface area (Å²) in [5.41, 5.74) is 9.47. The molecular weight excluding hydrogens is 316 g/mol. The molecule has 2 aliphatic heterocycles. The molecule has 0 radical (unpaired) electrons. The molecule has 0 aromatic heterocycles. The molecule has 6 heteroatoms. The third-order valence-corrected chi connectivity index (χ3v) is 3.56. The molecule has 3 rings (SSSR count). The summed E-state index contributed by atoms with van der Waals surface area (Å²) in [6, 6.07) is 5.70. The van der Waals surface area contributed by atoms with Gasteiger partial charge >= 0.3 is 0 Å². The fraction of sp³-hybridized carbons (Fsp3) is 0.316. The van der Waals surface area contributed by atoms with Crippen molar-refractivity contribution in [2.24, 2.45) is 4.99 Å².